The van der Waals surface area contributed by atoms with Gasteiger partial charge in [-0.2, -0.15) is 0 Å². The van der Waals surface area contributed by atoms with Crippen molar-refractivity contribution < 1.29 is 23.5 Å². The highest BCUT2D eigenvalue weighted by molar-refractivity contribution is 5.89. The molecule has 5 nitrogen and oxygen atoms in total. The number of amides is 1. The molecule has 116 valence electrons. The normalized spacial score (nSPS) is 21.5. The Kier molecular flexibility index (Phi) is 3.35. The Morgan fingerprint density at radius 2 is 2.18 bits per heavy atom. The summed E-state index contributed by atoms with van der Waals surface area (Å²) in [7, 11) is 0. The van der Waals surface area contributed by atoms with Crippen LogP contribution in [0.1, 0.15) is 12.0 Å². The van der Waals surface area contributed by atoms with Gasteiger partial charge < -0.3 is 15.0 Å². The second kappa shape index (κ2) is 5.08. The van der Waals surface area contributed by atoms with Crippen LogP contribution in [0.3, 0.4) is 0 Å². The number of carbonyl (C=O) groups is 2. The van der Waals surface area contributed by atoms with Gasteiger partial charge in [-0.1, -0.05) is 0 Å². The Morgan fingerprint density at radius 1 is 1.41 bits per heavy atom. The van der Waals surface area contributed by atoms with Gasteiger partial charge in [0.25, 0.3) is 0 Å². The van der Waals surface area contributed by atoms with E-state index in [1.54, 1.807) is 12.3 Å². The number of carboxylic acids is 1. The van der Waals surface area contributed by atoms with Crippen LogP contribution in [0, 0.1) is 5.82 Å². The van der Waals surface area contributed by atoms with Crippen molar-refractivity contribution in [1.82, 2.24) is 9.88 Å². The van der Waals surface area contributed by atoms with Gasteiger partial charge in [0.15, 0.2) is 0 Å². The van der Waals surface area contributed by atoms with Gasteiger partial charge in [-0.15, -0.1) is 0 Å². The van der Waals surface area contributed by atoms with E-state index < -0.39 is 18.2 Å². The maximum Gasteiger partial charge on any atom is 0.343 e. The summed E-state index contributed by atoms with van der Waals surface area (Å²) in [6.07, 6.45) is 1.42. The Labute approximate surface area is 124 Å². The third kappa shape index (κ3) is 2.43. The van der Waals surface area contributed by atoms with Crippen LogP contribution in [0.4, 0.5) is 8.78 Å². The standard InChI is InChI=1S/C15H14F2N2O3/c16-10-1-2-11-9(7-18-12(11)6-10)5-13(20)19-4-3-15(17,8-19)14(21)22/h1-2,6-7,18H,3-5,8H2,(H,21,22). The average molecular weight is 308 g/mol. The lowest BCUT2D eigenvalue weighted by Crippen LogP contribution is -2.39. The molecule has 2 aromatic rings. The molecular formula is C15H14F2N2O3. The van der Waals surface area contributed by atoms with Crippen LogP contribution < -0.4 is 0 Å². The number of benzene rings is 1. The van der Waals surface area contributed by atoms with Crippen molar-refractivity contribution in [1.29, 1.82) is 0 Å². The molecule has 2 N–H and O–H groups in total. The fraction of sp³-hybridized carbons (Fsp3) is 0.333. The number of hydrogen-bond acceptors (Lipinski definition) is 2. The lowest BCUT2D eigenvalue weighted by Gasteiger charge is -2.17. The number of rotatable bonds is 3. The van der Waals surface area contributed by atoms with Gasteiger partial charge in [0.05, 0.1) is 13.0 Å². The van der Waals surface area contributed by atoms with Gasteiger partial charge in [-0.3, -0.25) is 4.79 Å². The van der Waals surface area contributed by atoms with Crippen molar-refractivity contribution in [2.45, 2.75) is 18.5 Å². The van der Waals surface area contributed by atoms with Crippen molar-refractivity contribution >= 4 is 22.8 Å². The summed E-state index contributed by atoms with van der Waals surface area (Å²) in [6.45, 7) is -0.350. The second-order valence-electron chi connectivity index (χ2n) is 5.52. The number of aromatic nitrogens is 1. The lowest BCUT2D eigenvalue weighted by atomic mass is 10.1. The van der Waals surface area contributed by atoms with Gasteiger partial charge in [0.2, 0.25) is 11.6 Å². The molecule has 1 amide bonds. The molecule has 0 radical (unpaired) electrons. The molecule has 1 aliphatic rings. The fourth-order valence-electron chi connectivity index (χ4n) is 2.74. The van der Waals surface area contributed by atoms with Gasteiger partial charge in [0.1, 0.15) is 5.82 Å². The minimum Gasteiger partial charge on any atom is -0.479 e. The minimum absolute atomic E-state index is 0.0152. The van der Waals surface area contributed by atoms with E-state index in [0.717, 1.165) is 5.39 Å². The average Bonchev–Trinajstić information content (AvgIpc) is 3.04. The largest absolute Gasteiger partial charge is 0.479 e. The summed E-state index contributed by atoms with van der Waals surface area (Å²) >= 11 is 0. The number of aromatic amines is 1. The van der Waals surface area contributed by atoms with E-state index in [4.69, 9.17) is 5.11 Å². The van der Waals surface area contributed by atoms with E-state index in [1.807, 2.05) is 0 Å². The number of hydrogen-bond donors (Lipinski definition) is 2. The molecule has 1 atom stereocenters. The molecule has 22 heavy (non-hydrogen) atoms. The first-order valence-corrected chi connectivity index (χ1v) is 6.85. The molecule has 0 spiro atoms. The third-order valence-corrected chi connectivity index (χ3v) is 4.03. The highest BCUT2D eigenvalue weighted by atomic mass is 19.1. The zero-order valence-corrected chi connectivity index (χ0v) is 11.6. The first kappa shape index (κ1) is 14.5. The Hall–Kier alpha value is -2.44. The fourth-order valence-corrected chi connectivity index (χ4v) is 2.74. The molecule has 1 fully saturated rings. The third-order valence-electron chi connectivity index (χ3n) is 4.03. The molecule has 7 heteroatoms. The van der Waals surface area contributed by atoms with Crippen molar-refractivity contribution in [3.8, 4) is 0 Å². The summed E-state index contributed by atoms with van der Waals surface area (Å²) in [5.41, 5.74) is -1.11. The first-order chi connectivity index (χ1) is 10.4. The van der Waals surface area contributed by atoms with Crippen molar-refractivity contribution in [2.75, 3.05) is 13.1 Å². The number of likely N-dealkylation sites (tertiary alicyclic amines) is 1. The zero-order valence-electron chi connectivity index (χ0n) is 11.6. The van der Waals surface area contributed by atoms with Crippen LogP contribution in [0.5, 0.6) is 0 Å². The van der Waals surface area contributed by atoms with Crippen LogP contribution in [0.15, 0.2) is 24.4 Å². The number of H-pyrrole nitrogens is 1. The SMILES string of the molecule is O=C(Cc1c[nH]c2cc(F)ccc12)N1CCC(F)(C(=O)O)C1. The summed E-state index contributed by atoms with van der Waals surface area (Å²) in [5, 5.41) is 9.56. The molecular weight excluding hydrogens is 294 g/mol. The highest BCUT2D eigenvalue weighted by Gasteiger charge is 2.46. The van der Waals surface area contributed by atoms with Crippen molar-refractivity contribution in [2.24, 2.45) is 0 Å². The number of nitrogens with one attached hydrogen (secondary N) is 1. The molecule has 1 aliphatic heterocycles. The monoisotopic (exact) mass is 308 g/mol. The predicted molar refractivity (Wildman–Crippen MR) is 74.6 cm³/mol. The van der Waals surface area contributed by atoms with Crippen LogP contribution in [-0.4, -0.2) is 45.6 Å². The molecule has 1 aromatic carbocycles. The molecule has 1 saturated heterocycles. The molecule has 0 bridgehead atoms. The molecule has 1 unspecified atom stereocenters. The van der Waals surface area contributed by atoms with E-state index in [9.17, 15) is 18.4 Å². The Morgan fingerprint density at radius 3 is 2.86 bits per heavy atom. The zero-order chi connectivity index (χ0) is 15.9. The van der Waals surface area contributed by atoms with Crippen LogP contribution in [-0.2, 0) is 16.0 Å². The van der Waals surface area contributed by atoms with Crippen molar-refractivity contribution in [3.05, 3.63) is 35.8 Å². The number of halogens is 2. The molecule has 0 saturated carbocycles. The molecule has 2 heterocycles. The quantitative estimate of drug-likeness (QED) is 0.909. The highest BCUT2D eigenvalue weighted by Crippen LogP contribution is 2.27. The second-order valence-corrected chi connectivity index (χ2v) is 5.52. The number of aliphatic carboxylic acids is 1. The van der Waals surface area contributed by atoms with Crippen molar-refractivity contribution in [3.63, 3.8) is 0 Å². The smallest absolute Gasteiger partial charge is 0.343 e. The van der Waals surface area contributed by atoms with E-state index in [1.165, 1.54) is 17.0 Å². The topological polar surface area (TPSA) is 73.4 Å². The molecule has 1 aromatic heterocycles. The lowest BCUT2D eigenvalue weighted by molar-refractivity contribution is -0.150. The van der Waals surface area contributed by atoms with E-state index in [2.05, 4.69) is 4.98 Å². The van der Waals surface area contributed by atoms with E-state index >= 15 is 0 Å². The van der Waals surface area contributed by atoms with Gasteiger partial charge in [-0.25, -0.2) is 13.6 Å². The number of carbonyl (C=O) groups excluding carboxylic acids is 1. The van der Waals surface area contributed by atoms with Gasteiger partial charge in [-0.05, 0) is 23.8 Å². The maximum absolute atomic E-state index is 14.0. The van der Waals surface area contributed by atoms with Crippen LogP contribution in [0.2, 0.25) is 0 Å². The molecule has 3 rings (SSSR count). The number of fused-ring (bicyclic) bond motifs is 1. The maximum atomic E-state index is 14.0. The summed E-state index contributed by atoms with van der Waals surface area (Å²) in [4.78, 5) is 27.2. The predicted octanol–water partition coefficient (Wildman–Crippen LogP) is 1.87. The minimum atomic E-state index is -2.36. The van der Waals surface area contributed by atoms with Crippen LogP contribution >= 0.6 is 0 Å². The summed E-state index contributed by atoms with van der Waals surface area (Å²) in [5.74, 6) is -2.26. The van der Waals surface area contributed by atoms with E-state index in [-0.39, 0.29) is 31.1 Å². The number of alkyl halides is 1. The first-order valence-electron chi connectivity index (χ1n) is 6.85. The number of carboxylic acid groups (broad SMARTS) is 1. The van der Waals surface area contributed by atoms with Crippen LogP contribution in [0.25, 0.3) is 10.9 Å². The molecule has 0 aliphatic carbocycles. The Balaban J connectivity index is 1.76. The Bertz CT molecular complexity index is 758. The number of nitrogens with zero attached hydrogens (tertiary/aromatic N) is 1. The van der Waals surface area contributed by atoms with Gasteiger partial charge >= 0.3 is 5.97 Å². The van der Waals surface area contributed by atoms with Gasteiger partial charge in [0, 0.05) is 30.1 Å². The summed E-state index contributed by atoms with van der Waals surface area (Å²) in [6, 6.07) is 4.21. The van der Waals surface area contributed by atoms with E-state index in [0.29, 0.717) is 11.1 Å². The summed E-state index contributed by atoms with van der Waals surface area (Å²) < 4.78 is 27.1.